The lowest BCUT2D eigenvalue weighted by Gasteiger charge is -1.90. The molecule has 7 heavy (non-hydrogen) atoms. The quantitative estimate of drug-likeness (QED) is 0.427. The Morgan fingerprint density at radius 1 is 1.14 bits per heavy atom. The van der Waals surface area contributed by atoms with E-state index in [1.807, 2.05) is 26.0 Å². The second-order valence-electron chi connectivity index (χ2n) is 2.09. The maximum atomic E-state index is 3.00. The molecule has 0 radical (unpaired) electrons. The van der Waals surface area contributed by atoms with Crippen molar-refractivity contribution in [3.05, 3.63) is 0 Å². The molecule has 0 aromatic rings. The van der Waals surface area contributed by atoms with Crippen molar-refractivity contribution in [2.45, 2.75) is 0 Å². The second kappa shape index (κ2) is 4.09. The Bertz CT molecular complexity index is 27.6. The molecule has 0 saturated carbocycles. The Hall–Kier alpha value is -0.0800. The molecule has 0 amide bonds. The molecule has 1 fully saturated rings. The van der Waals surface area contributed by atoms with Crippen LogP contribution in [0.15, 0.2) is 0 Å². The fourth-order valence-corrected chi connectivity index (χ4v) is 0. The maximum absolute atomic E-state index is 3.00. The molecule has 0 aromatic heterocycles. The number of hydrogen-bond acceptors (Lipinski definition) is 2. The van der Waals surface area contributed by atoms with Crippen LogP contribution in [0.1, 0.15) is 0 Å². The summed E-state index contributed by atoms with van der Waals surface area (Å²) in [5.74, 6) is 0. The highest BCUT2D eigenvalue weighted by Gasteiger charge is 1.91. The first kappa shape index (κ1) is 6.92. The Morgan fingerprint density at radius 2 is 1.29 bits per heavy atom. The molecular weight excluding hydrogens is 88.1 g/mol. The van der Waals surface area contributed by atoms with Crippen LogP contribution in [-0.2, 0) is 0 Å². The van der Waals surface area contributed by atoms with E-state index >= 15 is 0 Å². The summed E-state index contributed by atoms with van der Waals surface area (Å²) in [7, 11) is 6.00. The van der Waals surface area contributed by atoms with Crippen LogP contribution >= 0.6 is 0 Å². The molecule has 2 nitrogen and oxygen atoms in total. The van der Waals surface area contributed by atoms with Crippen molar-refractivity contribution < 1.29 is 0 Å². The van der Waals surface area contributed by atoms with Crippen LogP contribution in [0.2, 0.25) is 0 Å². The Morgan fingerprint density at radius 3 is 1.29 bits per heavy atom. The fraction of sp³-hybridized carbons (Fsp3) is 1.00. The Kier molecular flexibility index (Phi) is 4.04. The van der Waals surface area contributed by atoms with E-state index in [2.05, 4.69) is 5.32 Å². The summed E-state index contributed by atoms with van der Waals surface area (Å²) in [6, 6.07) is 0. The average Bonchev–Trinajstić information content (AvgIpc) is 2.02. The molecule has 1 N–H and O–H groups in total. The Balaban J connectivity index is 0.000000105. The van der Waals surface area contributed by atoms with Gasteiger partial charge in [0.15, 0.2) is 0 Å². The van der Waals surface area contributed by atoms with Gasteiger partial charge in [-0.1, -0.05) is 0 Å². The standard InChI is InChI=1S/C3H9N.C2H5N/c1-4(2)3;1-2-3-1/h1-3H3;3H,1-2H2. The van der Waals surface area contributed by atoms with Crippen LogP contribution < -0.4 is 5.32 Å². The van der Waals surface area contributed by atoms with Gasteiger partial charge in [0.25, 0.3) is 0 Å². The van der Waals surface area contributed by atoms with E-state index in [4.69, 9.17) is 0 Å². The lowest BCUT2D eigenvalue weighted by atomic mass is 11.0. The third-order valence-corrected chi connectivity index (χ3v) is 0.250. The molecule has 0 spiro atoms. The molecular formula is C5H14N2. The zero-order valence-electron chi connectivity index (χ0n) is 5.36. The van der Waals surface area contributed by atoms with Crippen LogP contribution in [0.25, 0.3) is 0 Å². The highest BCUT2D eigenvalue weighted by molar-refractivity contribution is 4.58. The average molecular weight is 102 g/mol. The maximum Gasteiger partial charge on any atom is 0.00772 e. The summed E-state index contributed by atoms with van der Waals surface area (Å²) in [6.45, 7) is 2.50. The Labute approximate surface area is 45.5 Å². The second-order valence-corrected chi connectivity index (χ2v) is 2.09. The summed E-state index contributed by atoms with van der Waals surface area (Å²) in [4.78, 5) is 2.00. The van der Waals surface area contributed by atoms with Crippen molar-refractivity contribution in [2.75, 3.05) is 34.2 Å². The largest absolute Gasteiger partial charge is 0.314 e. The topological polar surface area (TPSA) is 25.2 Å². The monoisotopic (exact) mass is 102 g/mol. The zero-order valence-corrected chi connectivity index (χ0v) is 5.36. The minimum atomic E-state index is 1.25. The van der Waals surface area contributed by atoms with E-state index in [-0.39, 0.29) is 0 Å². The molecule has 1 aliphatic rings. The van der Waals surface area contributed by atoms with Crippen molar-refractivity contribution in [3.63, 3.8) is 0 Å². The highest BCUT2D eigenvalue weighted by Crippen LogP contribution is 1.65. The third-order valence-electron chi connectivity index (χ3n) is 0.250. The van der Waals surface area contributed by atoms with Crippen molar-refractivity contribution in [1.29, 1.82) is 0 Å². The van der Waals surface area contributed by atoms with Crippen molar-refractivity contribution in [3.8, 4) is 0 Å². The van der Waals surface area contributed by atoms with Gasteiger partial charge in [-0.15, -0.1) is 0 Å². The zero-order chi connectivity index (χ0) is 5.70. The lowest BCUT2D eigenvalue weighted by Crippen LogP contribution is -1.99. The summed E-state index contributed by atoms with van der Waals surface area (Å²) >= 11 is 0. The van der Waals surface area contributed by atoms with Gasteiger partial charge in [0.05, 0.1) is 0 Å². The summed E-state index contributed by atoms with van der Waals surface area (Å²) in [6.07, 6.45) is 0. The molecule has 0 bridgehead atoms. The van der Waals surface area contributed by atoms with Crippen LogP contribution in [0.5, 0.6) is 0 Å². The molecule has 1 heterocycles. The molecule has 0 aromatic carbocycles. The van der Waals surface area contributed by atoms with Crippen molar-refractivity contribution in [2.24, 2.45) is 0 Å². The van der Waals surface area contributed by atoms with Gasteiger partial charge >= 0.3 is 0 Å². The normalized spacial score (nSPS) is 15.4. The van der Waals surface area contributed by atoms with E-state index in [0.717, 1.165) is 0 Å². The van der Waals surface area contributed by atoms with Gasteiger partial charge in [-0.25, -0.2) is 0 Å². The number of nitrogens with one attached hydrogen (secondary N) is 1. The molecule has 1 rings (SSSR count). The number of hydrogen-bond donors (Lipinski definition) is 1. The first-order valence-electron chi connectivity index (χ1n) is 2.55. The predicted molar refractivity (Wildman–Crippen MR) is 32.5 cm³/mol. The van der Waals surface area contributed by atoms with E-state index in [9.17, 15) is 0 Å². The first-order valence-corrected chi connectivity index (χ1v) is 2.55. The van der Waals surface area contributed by atoms with Gasteiger partial charge in [0.2, 0.25) is 0 Å². The van der Waals surface area contributed by atoms with Gasteiger partial charge in [-0.05, 0) is 21.1 Å². The van der Waals surface area contributed by atoms with Gasteiger partial charge in [-0.3, -0.25) is 0 Å². The van der Waals surface area contributed by atoms with Gasteiger partial charge in [0, 0.05) is 13.1 Å². The first-order chi connectivity index (χ1) is 3.23. The van der Waals surface area contributed by atoms with E-state index in [0.29, 0.717) is 0 Å². The minimum Gasteiger partial charge on any atom is -0.314 e. The third kappa shape index (κ3) is 107. The van der Waals surface area contributed by atoms with Crippen LogP contribution in [0.3, 0.4) is 0 Å². The minimum absolute atomic E-state index is 1.25. The van der Waals surface area contributed by atoms with E-state index in [1.165, 1.54) is 13.1 Å². The smallest absolute Gasteiger partial charge is 0.00772 e. The molecule has 2 heteroatoms. The lowest BCUT2D eigenvalue weighted by molar-refractivity contribution is 0.505. The van der Waals surface area contributed by atoms with Crippen LogP contribution in [-0.4, -0.2) is 39.1 Å². The van der Waals surface area contributed by atoms with Gasteiger partial charge in [-0.2, -0.15) is 0 Å². The molecule has 0 aliphatic carbocycles. The summed E-state index contributed by atoms with van der Waals surface area (Å²) < 4.78 is 0. The van der Waals surface area contributed by atoms with Crippen LogP contribution in [0.4, 0.5) is 0 Å². The number of nitrogens with zero attached hydrogens (tertiary/aromatic N) is 1. The highest BCUT2D eigenvalue weighted by atomic mass is 15.0. The van der Waals surface area contributed by atoms with Crippen molar-refractivity contribution in [1.82, 2.24) is 10.2 Å². The van der Waals surface area contributed by atoms with E-state index in [1.54, 1.807) is 0 Å². The molecule has 1 aliphatic heterocycles. The van der Waals surface area contributed by atoms with Crippen LogP contribution in [0, 0.1) is 0 Å². The molecule has 0 unspecified atom stereocenters. The summed E-state index contributed by atoms with van der Waals surface area (Å²) in [5, 5.41) is 3.00. The van der Waals surface area contributed by atoms with Crippen molar-refractivity contribution >= 4 is 0 Å². The predicted octanol–water partition coefficient (Wildman–Crippen LogP) is -0.233. The SMILES string of the molecule is C1CN1.CN(C)C. The molecule has 44 valence electrons. The molecule has 0 atom stereocenters. The van der Waals surface area contributed by atoms with Gasteiger partial charge < -0.3 is 10.2 Å². The van der Waals surface area contributed by atoms with Gasteiger partial charge in [0.1, 0.15) is 0 Å². The number of rotatable bonds is 0. The van der Waals surface area contributed by atoms with E-state index < -0.39 is 0 Å². The summed E-state index contributed by atoms with van der Waals surface area (Å²) in [5.41, 5.74) is 0. The molecule has 1 saturated heterocycles. The fourth-order valence-electron chi connectivity index (χ4n) is 0.